The average Bonchev–Trinajstić information content (AvgIpc) is 3.93. The fourth-order valence-electron chi connectivity index (χ4n) is 9.51. The molecule has 0 aliphatic heterocycles. The molecule has 0 spiro atoms. The fourth-order valence-corrected chi connectivity index (χ4v) is 10.5. The minimum absolute atomic E-state index is 0. The molecule has 0 amide bonds. The van der Waals surface area contributed by atoms with Gasteiger partial charge in [0.15, 0.2) is 0 Å². The molecule has 0 atom stereocenters. The van der Waals surface area contributed by atoms with Gasteiger partial charge in [-0.1, -0.05) is 158 Å². The summed E-state index contributed by atoms with van der Waals surface area (Å²) in [6.45, 7) is 7.00. The summed E-state index contributed by atoms with van der Waals surface area (Å²) >= 11 is 0. The maximum Gasteiger partial charge on any atom is 0.121 e. The van der Waals surface area contributed by atoms with Crippen LogP contribution in [0.15, 0.2) is 199 Å². The number of fused-ring (bicyclic) bond motifs is 13. The standard InChI is InChI=1S/C45H25N2O.C14H16NSi.Ir/c1-2-12-29-27(11-1)23-24-28-25-39-36-19-9-20-37(44(36)48-42(39)26-38(28)29)45-46-40-21-10-18-35-33-16-6-4-14-31(33)30-13-3-5-15-32(30)34-17-7-8-22-41(34)47(45)43(35)40;1-16(2,3)13-9-10-14(15-11-13)12-7-5-4-6-8-12;/h1-19,21-26H;4-7,9-11H,1-3H3;/q2*-1;. The summed E-state index contributed by atoms with van der Waals surface area (Å²) in [6, 6.07) is 73.1. The van der Waals surface area contributed by atoms with E-state index in [4.69, 9.17) is 9.40 Å². The van der Waals surface area contributed by atoms with E-state index < -0.39 is 8.07 Å². The van der Waals surface area contributed by atoms with Crippen LogP contribution in [-0.4, -0.2) is 22.4 Å². The second-order valence-corrected chi connectivity index (χ2v) is 22.6. The van der Waals surface area contributed by atoms with Crippen molar-refractivity contribution in [2.75, 3.05) is 0 Å². The van der Waals surface area contributed by atoms with Crippen LogP contribution in [-0.2, 0) is 20.1 Å². The molecule has 9 aromatic carbocycles. The molecule has 4 nitrogen and oxygen atoms in total. The first kappa shape index (κ1) is 40.6. The summed E-state index contributed by atoms with van der Waals surface area (Å²) in [4.78, 5) is 9.90. The second kappa shape index (κ2) is 16.1. The van der Waals surface area contributed by atoms with Crippen LogP contribution >= 0.6 is 0 Å². The zero-order valence-electron chi connectivity index (χ0n) is 36.1. The van der Waals surface area contributed by atoms with Gasteiger partial charge in [0, 0.05) is 48.0 Å². The van der Waals surface area contributed by atoms with Gasteiger partial charge in [-0.05, 0) is 78.2 Å². The van der Waals surface area contributed by atoms with Gasteiger partial charge in [-0.25, -0.2) is 0 Å². The van der Waals surface area contributed by atoms with E-state index in [0.717, 1.165) is 71.9 Å². The SMILES string of the molecule is C[Si](C)(C)c1ccc(-c2[c-]cccc2)nc1.[Ir].[c-]1ccc2c(oc3cc4c(ccc5ccccc54)cc32)c1-c1nc2cccc3c4ccccc4c4ccccc4c4ccccc4n1c23. The third-order valence-corrected chi connectivity index (χ3v) is 14.7. The van der Waals surface area contributed by atoms with E-state index in [1.165, 1.54) is 48.3 Å². The van der Waals surface area contributed by atoms with Crippen LogP contribution < -0.4 is 5.19 Å². The summed E-state index contributed by atoms with van der Waals surface area (Å²) in [7, 11) is -1.23. The summed E-state index contributed by atoms with van der Waals surface area (Å²) in [5.41, 5.74) is 7.62. The van der Waals surface area contributed by atoms with Crippen molar-refractivity contribution in [3.63, 3.8) is 0 Å². The molecule has 4 heterocycles. The van der Waals surface area contributed by atoms with Crippen molar-refractivity contribution >= 4 is 106 Å². The Morgan fingerprint density at radius 2 is 1.17 bits per heavy atom. The largest absolute Gasteiger partial charge is 0.501 e. The molecular weight excluding hydrogens is 987 g/mol. The number of benzene rings is 9. The number of nitrogens with zero attached hydrogens (tertiary/aromatic N) is 3. The van der Waals surface area contributed by atoms with Crippen molar-refractivity contribution in [3.8, 4) is 22.6 Å². The zero-order valence-corrected chi connectivity index (χ0v) is 39.5. The molecule has 1 radical (unpaired) electrons. The molecule has 13 rings (SSSR count). The average molecular weight is 1030 g/mol. The first-order valence-electron chi connectivity index (χ1n) is 21.8. The topological polar surface area (TPSA) is 43.3 Å². The van der Waals surface area contributed by atoms with Gasteiger partial charge >= 0.3 is 0 Å². The summed E-state index contributed by atoms with van der Waals surface area (Å²) in [6.07, 6.45) is 2.02. The Hall–Kier alpha value is -7.21. The molecule has 0 aliphatic carbocycles. The molecule has 0 saturated heterocycles. The molecule has 13 aromatic rings. The van der Waals surface area contributed by atoms with Crippen LogP contribution in [0.25, 0.3) is 115 Å². The molecule has 0 N–H and O–H groups in total. The van der Waals surface area contributed by atoms with Crippen LogP contribution in [0.1, 0.15) is 0 Å². The van der Waals surface area contributed by atoms with Gasteiger partial charge in [-0.3, -0.25) is 4.98 Å². The van der Waals surface area contributed by atoms with E-state index >= 15 is 0 Å². The van der Waals surface area contributed by atoms with E-state index in [2.05, 4.69) is 199 Å². The van der Waals surface area contributed by atoms with E-state index in [0.29, 0.717) is 0 Å². The van der Waals surface area contributed by atoms with E-state index in [9.17, 15) is 0 Å². The molecule has 4 aromatic heterocycles. The smallest absolute Gasteiger partial charge is 0.121 e. The fraction of sp³-hybridized carbons (Fsp3) is 0.0508. The maximum atomic E-state index is 6.84. The van der Waals surface area contributed by atoms with Crippen molar-refractivity contribution in [3.05, 3.63) is 206 Å². The molecule has 0 fully saturated rings. The number of rotatable bonds is 3. The number of imidazole rings is 1. The third kappa shape index (κ3) is 6.85. The minimum Gasteiger partial charge on any atom is -0.501 e. The predicted molar refractivity (Wildman–Crippen MR) is 272 cm³/mol. The molecule has 0 saturated carbocycles. The minimum atomic E-state index is -1.23. The van der Waals surface area contributed by atoms with Crippen LogP contribution in [0.5, 0.6) is 0 Å². The number of pyridine rings is 1. The molecule has 6 heteroatoms. The number of aromatic nitrogens is 3. The van der Waals surface area contributed by atoms with Crippen molar-refractivity contribution in [1.82, 2.24) is 14.4 Å². The van der Waals surface area contributed by atoms with Crippen molar-refractivity contribution in [2.45, 2.75) is 19.6 Å². The predicted octanol–water partition coefficient (Wildman–Crippen LogP) is 15.3. The third-order valence-electron chi connectivity index (χ3n) is 12.7. The van der Waals surface area contributed by atoms with Crippen LogP contribution in [0, 0.1) is 12.1 Å². The van der Waals surface area contributed by atoms with Gasteiger partial charge in [-0.15, -0.1) is 54.1 Å². The molecular formula is C59H41IrN3OSi-2. The Bertz CT molecular complexity index is 4000. The van der Waals surface area contributed by atoms with E-state index in [1.54, 1.807) is 0 Å². The Kier molecular flexibility index (Phi) is 10.0. The Morgan fingerprint density at radius 3 is 1.89 bits per heavy atom. The Labute approximate surface area is 390 Å². The molecule has 65 heavy (non-hydrogen) atoms. The van der Waals surface area contributed by atoms with Gasteiger partial charge in [0.05, 0.1) is 30.5 Å². The van der Waals surface area contributed by atoms with Crippen molar-refractivity contribution < 1.29 is 24.5 Å². The molecule has 313 valence electrons. The monoisotopic (exact) mass is 1030 g/mol. The first-order chi connectivity index (χ1) is 31.4. The summed E-state index contributed by atoms with van der Waals surface area (Å²) in [5, 5.41) is 15.4. The van der Waals surface area contributed by atoms with Crippen molar-refractivity contribution in [1.29, 1.82) is 0 Å². The van der Waals surface area contributed by atoms with E-state index in [1.807, 2.05) is 36.5 Å². The van der Waals surface area contributed by atoms with Gasteiger partial charge in [-0.2, -0.15) is 0 Å². The second-order valence-electron chi connectivity index (χ2n) is 17.6. The Morgan fingerprint density at radius 1 is 0.508 bits per heavy atom. The van der Waals surface area contributed by atoms with Gasteiger partial charge in [0.2, 0.25) is 0 Å². The van der Waals surface area contributed by atoms with Gasteiger partial charge in [0.1, 0.15) is 5.58 Å². The first-order valence-corrected chi connectivity index (χ1v) is 25.3. The van der Waals surface area contributed by atoms with E-state index in [-0.39, 0.29) is 20.1 Å². The maximum absolute atomic E-state index is 6.84. The number of hydrogen-bond donors (Lipinski definition) is 0. The van der Waals surface area contributed by atoms with Gasteiger partial charge < -0.3 is 13.8 Å². The number of hydrogen-bond acceptors (Lipinski definition) is 3. The van der Waals surface area contributed by atoms with Gasteiger partial charge in [0.25, 0.3) is 0 Å². The molecule has 0 unspecified atom stereocenters. The summed E-state index contributed by atoms with van der Waals surface area (Å²) in [5.74, 6) is 0.807. The summed E-state index contributed by atoms with van der Waals surface area (Å²) < 4.78 is 9.17. The van der Waals surface area contributed by atoms with Crippen LogP contribution in [0.4, 0.5) is 0 Å². The van der Waals surface area contributed by atoms with Crippen LogP contribution in [0.3, 0.4) is 0 Å². The molecule has 0 bridgehead atoms. The number of para-hydroxylation sites is 2. The van der Waals surface area contributed by atoms with Crippen molar-refractivity contribution in [2.24, 2.45) is 0 Å². The normalized spacial score (nSPS) is 11.8. The quantitative estimate of drug-likeness (QED) is 0.101. The number of furan rings is 1. The van der Waals surface area contributed by atoms with Crippen LogP contribution in [0.2, 0.25) is 19.6 Å². The Balaban J connectivity index is 0.000000235. The zero-order chi connectivity index (χ0) is 42.9. The molecule has 0 aliphatic rings.